The van der Waals surface area contributed by atoms with Crippen LogP contribution in [0.3, 0.4) is 0 Å². The van der Waals surface area contributed by atoms with Crippen LogP contribution in [0.4, 0.5) is 0 Å². The third kappa shape index (κ3) is 2.22. The maximum Gasteiger partial charge on any atom is 0.332 e. The summed E-state index contributed by atoms with van der Waals surface area (Å²) in [6, 6.07) is 7.99. The Hall–Kier alpha value is -2.63. The largest absolute Gasteiger partial charge is 0.479 e. The number of nitrogens with one attached hydrogen (secondary N) is 2. The minimum atomic E-state index is -1.13. The number of guanidine groups is 1. The SMILES string of the molecule is N=C(N)NC(C(=O)O)c1nccc2ccccc12. The summed E-state index contributed by atoms with van der Waals surface area (Å²) in [5, 5.41) is 20.3. The van der Waals surface area contributed by atoms with E-state index in [2.05, 4.69) is 10.3 Å². The minimum absolute atomic E-state index is 0.343. The fourth-order valence-corrected chi connectivity index (χ4v) is 1.78. The number of benzene rings is 1. The van der Waals surface area contributed by atoms with E-state index < -0.39 is 18.0 Å². The summed E-state index contributed by atoms with van der Waals surface area (Å²) in [4.78, 5) is 15.3. The molecule has 0 spiro atoms. The molecule has 1 aromatic heterocycles. The van der Waals surface area contributed by atoms with Crippen LogP contribution >= 0.6 is 0 Å². The number of pyridine rings is 1. The average molecular weight is 244 g/mol. The van der Waals surface area contributed by atoms with E-state index in [4.69, 9.17) is 11.1 Å². The summed E-state index contributed by atoms with van der Waals surface area (Å²) in [6.45, 7) is 0. The van der Waals surface area contributed by atoms with Crippen molar-refractivity contribution in [3.05, 3.63) is 42.2 Å². The second kappa shape index (κ2) is 4.70. The standard InChI is InChI=1S/C12H12N4O2/c13-12(14)16-10(11(17)18)9-8-4-2-1-3-7(8)5-6-15-9/h1-6,10H,(H,17,18)(H4,13,14,16). The van der Waals surface area contributed by atoms with E-state index >= 15 is 0 Å². The van der Waals surface area contributed by atoms with Crippen molar-refractivity contribution in [1.29, 1.82) is 5.41 Å². The van der Waals surface area contributed by atoms with Gasteiger partial charge in [0, 0.05) is 11.6 Å². The number of aromatic nitrogens is 1. The lowest BCUT2D eigenvalue weighted by molar-refractivity contribution is -0.139. The third-order valence-corrected chi connectivity index (χ3v) is 2.52. The number of nitrogens with two attached hydrogens (primary N) is 1. The van der Waals surface area contributed by atoms with Crippen LogP contribution in [-0.4, -0.2) is 22.0 Å². The van der Waals surface area contributed by atoms with Crippen LogP contribution in [0, 0.1) is 5.41 Å². The first-order valence-electron chi connectivity index (χ1n) is 5.26. The number of nitrogens with zero attached hydrogens (tertiary/aromatic N) is 1. The van der Waals surface area contributed by atoms with Crippen LogP contribution in [0.15, 0.2) is 36.5 Å². The number of carboxylic acids is 1. The van der Waals surface area contributed by atoms with Gasteiger partial charge in [0.05, 0.1) is 5.69 Å². The van der Waals surface area contributed by atoms with Crippen LogP contribution in [0.1, 0.15) is 11.7 Å². The molecule has 1 atom stereocenters. The molecule has 0 aliphatic carbocycles. The second-order valence-corrected chi connectivity index (χ2v) is 3.75. The summed E-state index contributed by atoms with van der Waals surface area (Å²) >= 11 is 0. The highest BCUT2D eigenvalue weighted by Gasteiger charge is 2.23. The molecule has 0 amide bonds. The molecule has 0 aliphatic rings. The Bertz CT molecular complexity index is 607. The Morgan fingerprint density at radius 3 is 2.78 bits per heavy atom. The number of carboxylic acid groups (broad SMARTS) is 1. The summed E-state index contributed by atoms with van der Waals surface area (Å²) in [5.74, 6) is -1.54. The molecule has 0 bridgehead atoms. The van der Waals surface area contributed by atoms with Gasteiger partial charge in [0.2, 0.25) is 0 Å². The Morgan fingerprint density at radius 1 is 1.39 bits per heavy atom. The molecule has 1 unspecified atom stereocenters. The summed E-state index contributed by atoms with van der Waals surface area (Å²) < 4.78 is 0. The molecule has 6 nitrogen and oxygen atoms in total. The van der Waals surface area contributed by atoms with E-state index in [1.165, 1.54) is 6.20 Å². The predicted octanol–water partition coefficient (Wildman–Crippen LogP) is 0.844. The number of hydrogen-bond acceptors (Lipinski definition) is 3. The molecule has 0 aliphatic heterocycles. The van der Waals surface area contributed by atoms with Gasteiger partial charge in [0.25, 0.3) is 0 Å². The Labute approximate surface area is 103 Å². The van der Waals surface area contributed by atoms with Crippen molar-refractivity contribution in [2.75, 3.05) is 0 Å². The van der Waals surface area contributed by atoms with E-state index in [0.717, 1.165) is 10.8 Å². The minimum Gasteiger partial charge on any atom is -0.479 e. The zero-order valence-electron chi connectivity index (χ0n) is 9.42. The zero-order valence-corrected chi connectivity index (χ0v) is 9.42. The van der Waals surface area contributed by atoms with Gasteiger partial charge in [-0.1, -0.05) is 24.3 Å². The fraction of sp³-hybridized carbons (Fsp3) is 0.0833. The van der Waals surface area contributed by atoms with Crippen molar-refractivity contribution in [1.82, 2.24) is 10.3 Å². The molecule has 1 aromatic carbocycles. The first kappa shape index (κ1) is 11.8. The highest BCUT2D eigenvalue weighted by atomic mass is 16.4. The topological polar surface area (TPSA) is 112 Å². The van der Waals surface area contributed by atoms with Gasteiger partial charge in [-0.2, -0.15) is 0 Å². The Kier molecular flexibility index (Phi) is 3.09. The van der Waals surface area contributed by atoms with Crippen molar-refractivity contribution in [3.63, 3.8) is 0 Å². The highest BCUT2D eigenvalue weighted by molar-refractivity contribution is 5.91. The first-order valence-corrected chi connectivity index (χ1v) is 5.26. The van der Waals surface area contributed by atoms with Gasteiger partial charge in [0.1, 0.15) is 0 Å². The normalized spacial score (nSPS) is 12.0. The number of carbonyl (C=O) groups is 1. The van der Waals surface area contributed by atoms with Gasteiger partial charge >= 0.3 is 5.97 Å². The van der Waals surface area contributed by atoms with Crippen LogP contribution in [0.5, 0.6) is 0 Å². The quantitative estimate of drug-likeness (QED) is 0.472. The second-order valence-electron chi connectivity index (χ2n) is 3.75. The van der Waals surface area contributed by atoms with E-state index in [9.17, 15) is 9.90 Å². The smallest absolute Gasteiger partial charge is 0.332 e. The van der Waals surface area contributed by atoms with Crippen LogP contribution in [0.25, 0.3) is 10.8 Å². The van der Waals surface area contributed by atoms with Gasteiger partial charge in [0.15, 0.2) is 12.0 Å². The molecule has 2 aromatic rings. The van der Waals surface area contributed by atoms with Crippen LogP contribution < -0.4 is 11.1 Å². The van der Waals surface area contributed by atoms with Crippen molar-refractivity contribution in [3.8, 4) is 0 Å². The third-order valence-electron chi connectivity index (χ3n) is 2.52. The Morgan fingerprint density at radius 2 is 2.11 bits per heavy atom. The first-order chi connectivity index (χ1) is 8.59. The number of fused-ring (bicyclic) bond motifs is 1. The van der Waals surface area contributed by atoms with Crippen LogP contribution in [0.2, 0.25) is 0 Å². The van der Waals surface area contributed by atoms with E-state index in [0.29, 0.717) is 5.69 Å². The average Bonchev–Trinajstić information content (AvgIpc) is 2.35. The molecule has 2 rings (SSSR count). The monoisotopic (exact) mass is 244 g/mol. The van der Waals surface area contributed by atoms with Gasteiger partial charge in [-0.25, -0.2) is 4.79 Å². The summed E-state index contributed by atoms with van der Waals surface area (Å²) in [5.41, 5.74) is 5.54. The molecule has 0 saturated heterocycles. The summed E-state index contributed by atoms with van der Waals surface area (Å²) in [7, 11) is 0. The maximum absolute atomic E-state index is 11.2. The van der Waals surface area contributed by atoms with E-state index in [1.807, 2.05) is 12.1 Å². The van der Waals surface area contributed by atoms with Gasteiger partial charge in [-0.3, -0.25) is 10.4 Å². The fourth-order valence-electron chi connectivity index (χ4n) is 1.78. The van der Waals surface area contributed by atoms with Gasteiger partial charge < -0.3 is 16.2 Å². The zero-order chi connectivity index (χ0) is 13.1. The van der Waals surface area contributed by atoms with E-state index in [-0.39, 0.29) is 0 Å². The highest BCUT2D eigenvalue weighted by Crippen LogP contribution is 2.22. The molecule has 0 radical (unpaired) electrons. The van der Waals surface area contributed by atoms with Crippen molar-refractivity contribution in [2.45, 2.75) is 6.04 Å². The lowest BCUT2D eigenvalue weighted by Crippen LogP contribution is -2.38. The molecule has 5 N–H and O–H groups in total. The lowest BCUT2D eigenvalue weighted by Gasteiger charge is -2.15. The number of hydrogen-bond donors (Lipinski definition) is 4. The summed E-state index contributed by atoms with van der Waals surface area (Å²) in [6.07, 6.45) is 1.54. The van der Waals surface area contributed by atoms with Gasteiger partial charge in [-0.05, 0) is 11.5 Å². The van der Waals surface area contributed by atoms with Crippen molar-refractivity contribution >= 4 is 22.7 Å². The number of rotatable bonds is 3. The molecule has 92 valence electrons. The predicted molar refractivity (Wildman–Crippen MR) is 67.2 cm³/mol. The van der Waals surface area contributed by atoms with Crippen molar-refractivity contribution in [2.24, 2.45) is 5.73 Å². The number of aliphatic carboxylic acids is 1. The van der Waals surface area contributed by atoms with Crippen LogP contribution in [-0.2, 0) is 4.79 Å². The van der Waals surface area contributed by atoms with Gasteiger partial charge in [-0.15, -0.1) is 0 Å². The molecular weight excluding hydrogens is 232 g/mol. The molecule has 0 saturated carbocycles. The molecule has 18 heavy (non-hydrogen) atoms. The Balaban J connectivity index is 2.57. The van der Waals surface area contributed by atoms with E-state index in [1.54, 1.807) is 18.2 Å². The molecular formula is C12H12N4O2. The molecule has 1 heterocycles. The lowest BCUT2D eigenvalue weighted by atomic mass is 10.1. The molecule has 0 fully saturated rings. The molecule has 6 heteroatoms. The van der Waals surface area contributed by atoms with Crippen molar-refractivity contribution < 1.29 is 9.90 Å². The maximum atomic E-state index is 11.2.